The number of rotatable bonds is 7. The van der Waals surface area contributed by atoms with Gasteiger partial charge < -0.3 is 10.1 Å². The highest BCUT2D eigenvalue weighted by Gasteiger charge is 2.20. The molecular weight excluding hydrogens is 292 g/mol. The monoisotopic (exact) mass is 316 g/mol. The molecule has 3 nitrogen and oxygen atoms in total. The molecule has 1 fully saturated rings. The Morgan fingerprint density at radius 3 is 2.64 bits per heavy atom. The largest absolute Gasteiger partial charge is 0.491 e. The molecule has 118 valence electrons. The van der Waals surface area contributed by atoms with E-state index < -0.39 is 0 Å². The topological polar surface area (TPSA) is 34.2 Å². The number of hydrogen-bond donors (Lipinski definition) is 1. The Balaban J connectivity index is 1.66. The molecule has 3 rings (SSSR count). The molecule has 1 aromatic heterocycles. The van der Waals surface area contributed by atoms with Gasteiger partial charge in [-0.3, -0.25) is 0 Å². The minimum atomic E-state index is 0.206. The van der Waals surface area contributed by atoms with E-state index in [1.807, 2.05) is 37.3 Å². The zero-order valence-corrected chi connectivity index (χ0v) is 14.4. The Morgan fingerprint density at radius 1 is 1.27 bits per heavy atom. The van der Waals surface area contributed by atoms with E-state index in [1.54, 1.807) is 0 Å². The van der Waals surface area contributed by atoms with Crippen LogP contribution in [0, 0.1) is 6.92 Å². The quantitative estimate of drug-likeness (QED) is 0.831. The SMILES string of the molecule is Cc1sc(CCNC2CC2)nc1-c1ccc(OC(C)C)cc1. The first-order chi connectivity index (χ1) is 10.6. The van der Waals surface area contributed by atoms with Gasteiger partial charge in [0.05, 0.1) is 16.8 Å². The van der Waals surface area contributed by atoms with Crippen LogP contribution in [0.4, 0.5) is 0 Å². The summed E-state index contributed by atoms with van der Waals surface area (Å²) in [5.41, 5.74) is 2.29. The van der Waals surface area contributed by atoms with Crippen LogP contribution in [0.25, 0.3) is 11.3 Å². The normalized spacial score (nSPS) is 14.5. The molecule has 1 saturated carbocycles. The molecule has 0 unspecified atom stereocenters. The van der Waals surface area contributed by atoms with Crippen LogP contribution < -0.4 is 10.1 Å². The zero-order valence-electron chi connectivity index (χ0n) is 13.6. The standard InChI is InChI=1S/C18H24N2OS/c1-12(2)21-16-8-4-14(5-9-16)18-13(3)22-17(20-18)10-11-19-15-6-7-15/h4-5,8-9,12,15,19H,6-7,10-11H2,1-3H3. The Labute approximate surface area is 136 Å². The van der Waals surface area contributed by atoms with E-state index in [1.165, 1.54) is 28.3 Å². The average Bonchev–Trinajstić information content (AvgIpc) is 3.22. The third-order valence-corrected chi connectivity index (χ3v) is 4.72. The molecule has 22 heavy (non-hydrogen) atoms. The molecular formula is C18H24N2OS. The first-order valence-electron chi connectivity index (χ1n) is 8.08. The maximum atomic E-state index is 5.70. The number of hydrogen-bond acceptors (Lipinski definition) is 4. The molecule has 0 aliphatic heterocycles. The van der Waals surface area contributed by atoms with Gasteiger partial charge >= 0.3 is 0 Å². The van der Waals surface area contributed by atoms with Gasteiger partial charge in [0.2, 0.25) is 0 Å². The summed E-state index contributed by atoms with van der Waals surface area (Å²) in [6.45, 7) is 7.28. The molecule has 1 heterocycles. The zero-order chi connectivity index (χ0) is 15.5. The number of nitrogens with zero attached hydrogens (tertiary/aromatic N) is 1. The summed E-state index contributed by atoms with van der Waals surface area (Å²) in [4.78, 5) is 6.12. The molecule has 2 aromatic rings. The molecule has 0 spiro atoms. The summed E-state index contributed by atoms with van der Waals surface area (Å²) in [6.07, 6.45) is 3.91. The van der Waals surface area contributed by atoms with Crippen LogP contribution in [0.3, 0.4) is 0 Å². The molecule has 4 heteroatoms. The van der Waals surface area contributed by atoms with Crippen LogP contribution in [0.5, 0.6) is 5.75 Å². The predicted molar refractivity (Wildman–Crippen MR) is 92.8 cm³/mol. The predicted octanol–water partition coefficient (Wildman–Crippen LogP) is 4.20. The Bertz CT molecular complexity index is 615. The molecule has 0 atom stereocenters. The van der Waals surface area contributed by atoms with Crippen molar-refractivity contribution in [2.24, 2.45) is 0 Å². The molecule has 1 N–H and O–H groups in total. The minimum absolute atomic E-state index is 0.206. The van der Waals surface area contributed by atoms with E-state index in [2.05, 4.69) is 24.4 Å². The Morgan fingerprint density at radius 2 is 2.00 bits per heavy atom. The lowest BCUT2D eigenvalue weighted by atomic mass is 10.1. The van der Waals surface area contributed by atoms with Crippen molar-refractivity contribution in [2.75, 3.05) is 6.54 Å². The third kappa shape index (κ3) is 4.08. The molecule has 0 saturated heterocycles. The lowest BCUT2D eigenvalue weighted by Crippen LogP contribution is -2.19. The van der Waals surface area contributed by atoms with Crippen LogP contribution >= 0.6 is 11.3 Å². The van der Waals surface area contributed by atoms with E-state index in [0.717, 1.165) is 30.5 Å². The molecule has 1 aliphatic rings. The maximum absolute atomic E-state index is 5.70. The highest BCUT2D eigenvalue weighted by atomic mass is 32.1. The number of benzene rings is 1. The second-order valence-electron chi connectivity index (χ2n) is 6.18. The van der Waals surface area contributed by atoms with Gasteiger partial charge in [0.25, 0.3) is 0 Å². The summed E-state index contributed by atoms with van der Waals surface area (Å²) in [7, 11) is 0. The van der Waals surface area contributed by atoms with Crippen molar-refractivity contribution in [3.05, 3.63) is 34.2 Å². The Kier molecular flexibility index (Phi) is 4.79. The fraction of sp³-hybridized carbons (Fsp3) is 0.500. The molecule has 0 bridgehead atoms. The number of aryl methyl sites for hydroxylation is 1. The van der Waals surface area contributed by atoms with E-state index in [9.17, 15) is 0 Å². The van der Waals surface area contributed by atoms with Gasteiger partial charge in [0, 0.05) is 29.4 Å². The van der Waals surface area contributed by atoms with Crippen LogP contribution in [-0.2, 0) is 6.42 Å². The number of thiazole rings is 1. The fourth-order valence-corrected chi connectivity index (χ4v) is 3.41. The lowest BCUT2D eigenvalue weighted by molar-refractivity contribution is 0.242. The molecule has 1 aliphatic carbocycles. The van der Waals surface area contributed by atoms with Crippen LogP contribution in [-0.4, -0.2) is 23.7 Å². The van der Waals surface area contributed by atoms with Crippen molar-refractivity contribution in [1.29, 1.82) is 0 Å². The number of aromatic nitrogens is 1. The maximum Gasteiger partial charge on any atom is 0.119 e. The number of nitrogens with one attached hydrogen (secondary N) is 1. The van der Waals surface area contributed by atoms with Crippen molar-refractivity contribution in [3.63, 3.8) is 0 Å². The van der Waals surface area contributed by atoms with Gasteiger partial charge in [-0.2, -0.15) is 0 Å². The summed E-state index contributed by atoms with van der Waals surface area (Å²) in [6, 6.07) is 9.04. The van der Waals surface area contributed by atoms with Crippen LogP contribution in [0.2, 0.25) is 0 Å². The van der Waals surface area contributed by atoms with Crippen molar-refractivity contribution in [3.8, 4) is 17.0 Å². The van der Waals surface area contributed by atoms with E-state index >= 15 is 0 Å². The van der Waals surface area contributed by atoms with Gasteiger partial charge in [0.15, 0.2) is 0 Å². The first-order valence-corrected chi connectivity index (χ1v) is 8.90. The van der Waals surface area contributed by atoms with Crippen molar-refractivity contribution in [2.45, 2.75) is 52.2 Å². The van der Waals surface area contributed by atoms with E-state index in [0.29, 0.717) is 0 Å². The summed E-state index contributed by atoms with van der Waals surface area (Å²) >= 11 is 1.81. The summed E-state index contributed by atoms with van der Waals surface area (Å²) in [5, 5.41) is 4.77. The summed E-state index contributed by atoms with van der Waals surface area (Å²) < 4.78 is 5.70. The molecule has 1 aromatic carbocycles. The van der Waals surface area contributed by atoms with Gasteiger partial charge in [-0.05, 0) is 57.9 Å². The van der Waals surface area contributed by atoms with Crippen LogP contribution in [0.1, 0.15) is 36.6 Å². The molecule has 0 amide bonds. The van der Waals surface area contributed by atoms with E-state index in [4.69, 9.17) is 9.72 Å². The average molecular weight is 316 g/mol. The Hall–Kier alpha value is -1.39. The second kappa shape index (κ2) is 6.80. The number of ether oxygens (including phenoxy) is 1. The third-order valence-electron chi connectivity index (χ3n) is 3.69. The summed E-state index contributed by atoms with van der Waals surface area (Å²) in [5.74, 6) is 0.917. The van der Waals surface area contributed by atoms with Crippen molar-refractivity contribution in [1.82, 2.24) is 10.3 Å². The smallest absolute Gasteiger partial charge is 0.119 e. The molecule has 0 radical (unpaired) electrons. The van der Waals surface area contributed by atoms with E-state index in [-0.39, 0.29) is 6.10 Å². The van der Waals surface area contributed by atoms with Gasteiger partial charge in [0.1, 0.15) is 5.75 Å². The highest BCUT2D eigenvalue weighted by Crippen LogP contribution is 2.29. The van der Waals surface area contributed by atoms with Gasteiger partial charge in [-0.1, -0.05) is 0 Å². The lowest BCUT2D eigenvalue weighted by Gasteiger charge is -2.09. The van der Waals surface area contributed by atoms with Gasteiger partial charge in [-0.25, -0.2) is 4.98 Å². The van der Waals surface area contributed by atoms with Gasteiger partial charge in [-0.15, -0.1) is 11.3 Å². The fourth-order valence-electron chi connectivity index (χ4n) is 2.46. The first kappa shape index (κ1) is 15.5. The van der Waals surface area contributed by atoms with Crippen LogP contribution in [0.15, 0.2) is 24.3 Å². The van der Waals surface area contributed by atoms with Crippen molar-refractivity contribution < 1.29 is 4.74 Å². The minimum Gasteiger partial charge on any atom is -0.491 e. The highest BCUT2D eigenvalue weighted by molar-refractivity contribution is 7.12. The van der Waals surface area contributed by atoms with Crippen molar-refractivity contribution >= 4 is 11.3 Å². The second-order valence-corrected chi connectivity index (χ2v) is 7.47.